The summed E-state index contributed by atoms with van der Waals surface area (Å²) in [5.74, 6) is -3.29. The number of alkyl halides is 3. The molecule has 1 saturated heterocycles. The maximum absolute atomic E-state index is 13.5. The van der Waals surface area contributed by atoms with E-state index in [9.17, 15) is 18.0 Å². The number of carbonyl (C=O) groups is 1. The number of hydrogen-bond acceptors (Lipinski definition) is 3. The van der Waals surface area contributed by atoms with Crippen LogP contribution in [0.5, 0.6) is 11.5 Å². The zero-order valence-corrected chi connectivity index (χ0v) is 12.4. The molecule has 2 aliphatic rings. The van der Waals surface area contributed by atoms with Crippen LogP contribution in [0.4, 0.5) is 18.0 Å². The molecule has 1 fully saturated rings. The number of nitrogens with zero attached hydrogens (tertiary/aromatic N) is 1. The Labute approximate surface area is 131 Å². The third-order valence-electron chi connectivity index (χ3n) is 3.89. The van der Waals surface area contributed by atoms with Gasteiger partial charge in [-0.3, -0.25) is 5.32 Å². The fraction of sp³-hybridized carbons (Fsp3) is 0.533. The van der Waals surface area contributed by atoms with Gasteiger partial charge >= 0.3 is 18.1 Å². The molecule has 0 spiro atoms. The molecule has 1 N–H and O–H groups in total. The fourth-order valence-electron chi connectivity index (χ4n) is 2.68. The molecule has 2 aliphatic heterocycles. The van der Waals surface area contributed by atoms with E-state index in [2.05, 4.69) is 0 Å². The summed E-state index contributed by atoms with van der Waals surface area (Å²) in [4.78, 5) is 13.6. The molecule has 0 unspecified atom stereocenters. The van der Waals surface area contributed by atoms with E-state index in [0.717, 1.165) is 25.7 Å². The lowest BCUT2D eigenvalue weighted by Crippen LogP contribution is -2.66. The third-order valence-corrected chi connectivity index (χ3v) is 3.89. The molecule has 2 amide bonds. The van der Waals surface area contributed by atoms with E-state index in [0.29, 0.717) is 13.1 Å². The maximum Gasteiger partial charge on any atom is 0.492 e. The normalized spacial score (nSPS) is 20.0. The molecule has 3 rings (SSSR count). The highest BCUT2D eigenvalue weighted by atomic mass is 19.4. The monoisotopic (exact) mass is 330 g/mol. The zero-order valence-electron chi connectivity index (χ0n) is 12.4. The highest BCUT2D eigenvalue weighted by molar-refractivity contribution is 5.75. The van der Waals surface area contributed by atoms with Gasteiger partial charge in [-0.15, -0.1) is 0 Å². The lowest BCUT2D eigenvalue weighted by atomic mass is 10.2. The first kappa shape index (κ1) is 15.8. The van der Waals surface area contributed by atoms with Gasteiger partial charge in [0, 0.05) is 13.1 Å². The molecular formula is C15H17F3N2O3. The molecule has 0 aromatic heterocycles. The van der Waals surface area contributed by atoms with Crippen LogP contribution >= 0.6 is 0 Å². The van der Waals surface area contributed by atoms with Gasteiger partial charge in [-0.1, -0.05) is 25.0 Å². The number of benzene rings is 1. The molecule has 0 radical (unpaired) electrons. The van der Waals surface area contributed by atoms with Crippen molar-refractivity contribution in [1.82, 2.24) is 10.2 Å². The molecule has 1 aromatic carbocycles. The molecular weight excluding hydrogens is 313 g/mol. The molecule has 2 heterocycles. The molecule has 23 heavy (non-hydrogen) atoms. The van der Waals surface area contributed by atoms with Crippen LogP contribution in [-0.2, 0) is 0 Å². The van der Waals surface area contributed by atoms with E-state index < -0.39 is 18.1 Å². The predicted molar refractivity (Wildman–Crippen MR) is 75.1 cm³/mol. The first-order valence-electron chi connectivity index (χ1n) is 7.52. The number of likely N-dealkylation sites (tertiary alicyclic amines) is 1. The summed E-state index contributed by atoms with van der Waals surface area (Å²) >= 11 is 0. The Hall–Kier alpha value is -2.12. The minimum absolute atomic E-state index is 0.0546. The number of rotatable bonds is 1. The summed E-state index contributed by atoms with van der Waals surface area (Å²) in [6.07, 6.45) is -1.45. The van der Waals surface area contributed by atoms with Crippen LogP contribution < -0.4 is 14.8 Å². The second kappa shape index (κ2) is 5.82. The number of nitrogens with one attached hydrogen (secondary N) is 1. The number of halogens is 3. The van der Waals surface area contributed by atoms with Crippen LogP contribution in [0.3, 0.4) is 0 Å². The summed E-state index contributed by atoms with van der Waals surface area (Å²) in [7, 11) is 0. The summed E-state index contributed by atoms with van der Waals surface area (Å²) < 4.78 is 50.4. The lowest BCUT2D eigenvalue weighted by molar-refractivity contribution is -0.318. The second-order valence-electron chi connectivity index (χ2n) is 5.60. The molecule has 8 heteroatoms. The van der Waals surface area contributed by atoms with E-state index >= 15 is 0 Å². The Morgan fingerprint density at radius 3 is 2.04 bits per heavy atom. The van der Waals surface area contributed by atoms with Crippen molar-refractivity contribution in [2.45, 2.75) is 37.8 Å². The number of amides is 2. The first-order chi connectivity index (χ1) is 10.9. The Bertz CT molecular complexity index is 559. The van der Waals surface area contributed by atoms with Crippen molar-refractivity contribution >= 4 is 6.03 Å². The summed E-state index contributed by atoms with van der Waals surface area (Å²) in [6, 6.07) is 4.95. The second-order valence-corrected chi connectivity index (χ2v) is 5.60. The highest BCUT2D eigenvalue weighted by Gasteiger charge is 2.66. The minimum Gasteiger partial charge on any atom is -0.424 e. The van der Waals surface area contributed by atoms with Crippen molar-refractivity contribution < 1.29 is 27.4 Å². The Kier molecular flexibility index (Phi) is 3.99. The highest BCUT2D eigenvalue weighted by Crippen LogP contribution is 2.44. The van der Waals surface area contributed by atoms with Crippen molar-refractivity contribution in [1.29, 1.82) is 0 Å². The largest absolute Gasteiger partial charge is 0.492 e. The molecule has 5 nitrogen and oxygen atoms in total. The average molecular weight is 330 g/mol. The lowest BCUT2D eigenvalue weighted by Gasteiger charge is -2.32. The van der Waals surface area contributed by atoms with Gasteiger partial charge in [-0.2, -0.15) is 13.2 Å². The average Bonchev–Trinajstić information content (AvgIpc) is 2.68. The number of carbonyl (C=O) groups excluding carboxylic acids is 1. The van der Waals surface area contributed by atoms with E-state index in [-0.39, 0.29) is 11.5 Å². The van der Waals surface area contributed by atoms with Crippen molar-refractivity contribution in [3.8, 4) is 11.5 Å². The first-order valence-corrected chi connectivity index (χ1v) is 7.52. The Morgan fingerprint density at radius 1 is 1.04 bits per heavy atom. The molecule has 126 valence electrons. The van der Waals surface area contributed by atoms with Crippen molar-refractivity contribution in [3.05, 3.63) is 24.3 Å². The van der Waals surface area contributed by atoms with Gasteiger partial charge in [-0.05, 0) is 25.0 Å². The molecule has 0 atom stereocenters. The maximum atomic E-state index is 13.5. The van der Waals surface area contributed by atoms with Gasteiger partial charge in [-0.25, -0.2) is 4.79 Å². The number of urea groups is 1. The third kappa shape index (κ3) is 3.02. The van der Waals surface area contributed by atoms with Crippen molar-refractivity contribution in [2.24, 2.45) is 0 Å². The number of ether oxygens (including phenoxy) is 2. The van der Waals surface area contributed by atoms with Crippen LogP contribution in [0.2, 0.25) is 0 Å². The zero-order chi connectivity index (χ0) is 16.5. The smallest absolute Gasteiger partial charge is 0.424 e. The Balaban J connectivity index is 1.80. The molecule has 1 aromatic rings. The van der Waals surface area contributed by atoms with Gasteiger partial charge < -0.3 is 14.4 Å². The predicted octanol–water partition coefficient (Wildman–Crippen LogP) is 3.26. The van der Waals surface area contributed by atoms with E-state index in [4.69, 9.17) is 9.47 Å². The van der Waals surface area contributed by atoms with Gasteiger partial charge in [0.25, 0.3) is 0 Å². The number of para-hydroxylation sites is 2. The van der Waals surface area contributed by atoms with Crippen molar-refractivity contribution in [3.63, 3.8) is 0 Å². The molecule has 0 aliphatic carbocycles. The Morgan fingerprint density at radius 2 is 1.57 bits per heavy atom. The van der Waals surface area contributed by atoms with Crippen LogP contribution in [0.15, 0.2) is 24.3 Å². The quantitative estimate of drug-likeness (QED) is 0.860. The summed E-state index contributed by atoms with van der Waals surface area (Å²) in [5.41, 5.74) is 0. The van der Waals surface area contributed by atoms with E-state index in [1.807, 2.05) is 5.32 Å². The van der Waals surface area contributed by atoms with Crippen molar-refractivity contribution in [2.75, 3.05) is 13.1 Å². The summed E-state index contributed by atoms with van der Waals surface area (Å²) in [5, 5.41) is 1.89. The van der Waals surface area contributed by atoms with Crippen LogP contribution in [-0.4, -0.2) is 36.1 Å². The molecule has 0 bridgehead atoms. The van der Waals surface area contributed by atoms with Gasteiger partial charge in [0.2, 0.25) is 0 Å². The minimum atomic E-state index is -4.92. The van der Waals surface area contributed by atoms with Crippen LogP contribution in [0.1, 0.15) is 25.7 Å². The van der Waals surface area contributed by atoms with Gasteiger partial charge in [0.05, 0.1) is 0 Å². The van der Waals surface area contributed by atoms with E-state index in [1.165, 1.54) is 29.2 Å². The van der Waals surface area contributed by atoms with Crippen LogP contribution in [0, 0.1) is 0 Å². The van der Waals surface area contributed by atoms with Gasteiger partial charge in [0.1, 0.15) is 0 Å². The van der Waals surface area contributed by atoms with Gasteiger partial charge in [0.15, 0.2) is 11.5 Å². The van der Waals surface area contributed by atoms with E-state index in [1.54, 1.807) is 0 Å². The fourth-order valence-corrected chi connectivity index (χ4v) is 2.68. The number of hydrogen-bond donors (Lipinski definition) is 1. The standard InChI is InChI=1S/C15H17F3N2O3/c16-14(17,18)15(22-11-7-3-4-8-12(11)23-15)19-13(21)20-9-5-1-2-6-10-20/h3-4,7-8H,1-2,5-6,9-10H2,(H,19,21). The summed E-state index contributed by atoms with van der Waals surface area (Å²) in [6.45, 7) is 0.847. The topological polar surface area (TPSA) is 50.8 Å². The SMILES string of the molecule is O=C(NC1(C(F)(F)F)Oc2ccccc2O1)N1CCCCCC1. The van der Waals surface area contributed by atoms with Crippen LogP contribution in [0.25, 0.3) is 0 Å². The number of fused-ring (bicyclic) bond motifs is 1. The molecule has 0 saturated carbocycles.